The monoisotopic (exact) mass is 728 g/mol. The fourth-order valence-electron chi connectivity index (χ4n) is 6.32. The van der Waals surface area contributed by atoms with Crippen molar-refractivity contribution < 1.29 is 10.2 Å². The van der Waals surface area contributed by atoms with Crippen LogP contribution in [-0.2, 0) is 13.1 Å². The summed E-state index contributed by atoms with van der Waals surface area (Å²) in [6.07, 6.45) is 7.08. The Balaban J connectivity index is 1.29. The van der Waals surface area contributed by atoms with Crippen LogP contribution in [0.25, 0.3) is 0 Å². The maximum absolute atomic E-state index is 11.1. The molecule has 0 atom stereocenters. The van der Waals surface area contributed by atoms with Gasteiger partial charge in [-0.2, -0.15) is 0 Å². The van der Waals surface area contributed by atoms with Gasteiger partial charge < -0.3 is 20.8 Å². The predicted octanol–water partition coefficient (Wildman–Crippen LogP) is 5.29. The van der Waals surface area contributed by atoms with Gasteiger partial charge in [0, 0.05) is 113 Å². The van der Waals surface area contributed by atoms with Crippen molar-refractivity contribution in [1.82, 2.24) is 20.4 Å². The van der Waals surface area contributed by atoms with E-state index in [1.807, 2.05) is 50.2 Å². The molecule has 0 aromatic heterocycles. The Bertz CT molecular complexity index is 1630. The Morgan fingerprint density at radius 3 is 1.13 bits per heavy atom. The summed E-state index contributed by atoms with van der Waals surface area (Å²) in [5.41, 5.74) is 7.34. The van der Waals surface area contributed by atoms with E-state index in [-0.39, 0.29) is 11.5 Å². The molecule has 1 aliphatic heterocycles. The molecule has 1 aliphatic rings. The summed E-state index contributed by atoms with van der Waals surface area (Å²) in [4.78, 5) is 23.6. The minimum atomic E-state index is 0.192. The highest BCUT2D eigenvalue weighted by molar-refractivity contribution is 5.93. The van der Waals surface area contributed by atoms with Gasteiger partial charge in [0.1, 0.15) is 11.5 Å². The maximum atomic E-state index is 11.1. The van der Waals surface area contributed by atoms with E-state index in [0.717, 1.165) is 76.6 Å². The van der Waals surface area contributed by atoms with Gasteiger partial charge in [-0.25, -0.2) is 0 Å². The summed E-state index contributed by atoms with van der Waals surface area (Å²) >= 11 is 0. The molecule has 0 aliphatic carbocycles. The third kappa shape index (κ3) is 13.8. The molecule has 4 bridgehead atoms. The molecule has 1 heterocycles. The molecule has 10 heteroatoms. The average Bonchev–Trinajstić information content (AvgIpc) is 3.18. The number of aromatic hydroxyl groups is 2. The van der Waals surface area contributed by atoms with Crippen molar-refractivity contribution in [1.29, 1.82) is 0 Å². The molecule has 10 nitrogen and oxygen atoms in total. The Morgan fingerprint density at radius 2 is 0.815 bits per heavy atom. The van der Waals surface area contributed by atoms with Crippen LogP contribution in [0.15, 0.2) is 105 Å². The van der Waals surface area contributed by atoms with E-state index in [4.69, 9.17) is 20.0 Å². The van der Waals surface area contributed by atoms with Crippen LogP contribution in [-0.4, -0.2) is 123 Å². The highest BCUT2D eigenvalue weighted by atomic mass is 16.3. The van der Waals surface area contributed by atoms with Crippen LogP contribution in [0.5, 0.6) is 11.5 Å². The van der Waals surface area contributed by atoms with E-state index in [9.17, 15) is 10.2 Å². The summed E-state index contributed by atoms with van der Waals surface area (Å²) in [5.74, 6) is 0.383. The second-order valence-electron chi connectivity index (χ2n) is 13.7. The van der Waals surface area contributed by atoms with Crippen molar-refractivity contribution in [2.24, 2.45) is 20.0 Å². The standard InChI is InChI=1S/C44H56N8O2/c1-35-25-39-31-47-15-21-51(19-13-45-29-37-9-5-3-6-10-37)23-17-49-33-41-27-36(2)28-42(44(41)54)34-50-18-24-52(22-16-48-32-40(26-35)43(39)53)20-14-46-30-38-11-7-4-8-12-38/h3-12,25-28,31-34,45-46,53-54H,13-24,29-30H2,1-2H3. The van der Waals surface area contributed by atoms with Gasteiger partial charge >= 0.3 is 0 Å². The molecule has 4 aromatic carbocycles. The Kier molecular flexibility index (Phi) is 16.6. The topological polar surface area (TPSA) is 120 Å². The zero-order valence-corrected chi connectivity index (χ0v) is 31.9. The van der Waals surface area contributed by atoms with E-state index >= 15 is 0 Å². The van der Waals surface area contributed by atoms with Gasteiger partial charge in [0.05, 0.1) is 26.2 Å². The van der Waals surface area contributed by atoms with Gasteiger partial charge in [-0.3, -0.25) is 29.8 Å². The van der Waals surface area contributed by atoms with Crippen LogP contribution in [0.4, 0.5) is 0 Å². The Morgan fingerprint density at radius 1 is 0.500 bits per heavy atom. The van der Waals surface area contributed by atoms with Crippen molar-refractivity contribution in [2.45, 2.75) is 26.9 Å². The molecule has 5 rings (SSSR count). The molecule has 0 spiro atoms. The van der Waals surface area contributed by atoms with Crippen molar-refractivity contribution in [2.75, 3.05) is 78.5 Å². The molecule has 0 amide bonds. The highest BCUT2D eigenvalue weighted by Gasteiger charge is 2.10. The molecule has 0 radical (unpaired) electrons. The van der Waals surface area contributed by atoms with Crippen molar-refractivity contribution in [3.8, 4) is 11.5 Å². The largest absolute Gasteiger partial charge is 0.507 e. The Labute approximate surface area is 321 Å². The number of aliphatic imine (C=N–C) groups is 4. The van der Waals surface area contributed by atoms with Crippen molar-refractivity contribution in [3.63, 3.8) is 0 Å². The molecule has 284 valence electrons. The zero-order chi connectivity index (χ0) is 37.8. The van der Waals surface area contributed by atoms with Gasteiger partial charge in [0.25, 0.3) is 0 Å². The average molecular weight is 729 g/mol. The van der Waals surface area contributed by atoms with E-state index in [1.165, 1.54) is 11.1 Å². The first-order valence-electron chi connectivity index (χ1n) is 19.0. The van der Waals surface area contributed by atoms with Gasteiger partial charge in [0.2, 0.25) is 0 Å². The first kappa shape index (κ1) is 40.2. The first-order valence-corrected chi connectivity index (χ1v) is 19.0. The summed E-state index contributed by atoms with van der Waals surface area (Å²) < 4.78 is 0. The molecule has 4 N–H and O–H groups in total. The lowest BCUT2D eigenvalue weighted by molar-refractivity contribution is 0.288. The molecule has 54 heavy (non-hydrogen) atoms. The number of hydrogen-bond acceptors (Lipinski definition) is 10. The number of fused-ring (bicyclic) bond motifs is 4. The van der Waals surface area contributed by atoms with E-state index in [2.05, 4.69) is 69.0 Å². The van der Waals surface area contributed by atoms with Crippen LogP contribution in [0.1, 0.15) is 44.5 Å². The van der Waals surface area contributed by atoms with E-state index < -0.39 is 0 Å². The first-order chi connectivity index (χ1) is 26.4. The van der Waals surface area contributed by atoms with Crippen LogP contribution < -0.4 is 10.6 Å². The van der Waals surface area contributed by atoms with Gasteiger partial charge in [-0.05, 0) is 60.4 Å². The van der Waals surface area contributed by atoms with Gasteiger partial charge in [-0.1, -0.05) is 60.7 Å². The van der Waals surface area contributed by atoms with Gasteiger partial charge in [0.15, 0.2) is 0 Å². The third-order valence-corrected chi connectivity index (χ3v) is 9.28. The number of hydrogen-bond donors (Lipinski definition) is 4. The minimum Gasteiger partial charge on any atom is -0.507 e. The fraction of sp³-hybridized carbons (Fsp3) is 0.364. The molecule has 4 aromatic rings. The lowest BCUT2D eigenvalue weighted by Crippen LogP contribution is -2.35. The zero-order valence-electron chi connectivity index (χ0n) is 31.9. The maximum Gasteiger partial charge on any atom is 0.133 e. The molecular formula is C44H56N8O2. The fourth-order valence-corrected chi connectivity index (χ4v) is 6.32. The molecular weight excluding hydrogens is 673 g/mol. The minimum absolute atomic E-state index is 0.192. The number of benzene rings is 4. The molecule has 0 fully saturated rings. The number of phenolic OH excluding ortho intramolecular Hbond substituents is 2. The van der Waals surface area contributed by atoms with Crippen LogP contribution >= 0.6 is 0 Å². The van der Waals surface area contributed by atoms with Crippen LogP contribution in [0.2, 0.25) is 0 Å². The normalized spacial score (nSPS) is 15.3. The number of nitrogens with zero attached hydrogens (tertiary/aromatic N) is 6. The molecule has 0 saturated carbocycles. The van der Waals surface area contributed by atoms with E-state index in [1.54, 1.807) is 24.9 Å². The van der Waals surface area contributed by atoms with Crippen LogP contribution in [0, 0.1) is 13.8 Å². The predicted molar refractivity (Wildman–Crippen MR) is 225 cm³/mol. The molecule has 0 saturated heterocycles. The summed E-state index contributed by atoms with van der Waals surface area (Å²) in [7, 11) is 0. The van der Waals surface area contributed by atoms with Crippen LogP contribution in [0.3, 0.4) is 0 Å². The van der Waals surface area contributed by atoms with Crippen molar-refractivity contribution in [3.05, 3.63) is 129 Å². The molecule has 0 unspecified atom stereocenters. The number of nitrogens with one attached hydrogen (secondary N) is 2. The lowest BCUT2D eigenvalue weighted by atomic mass is 10.1. The quantitative estimate of drug-likeness (QED) is 0.165. The van der Waals surface area contributed by atoms with Gasteiger partial charge in [-0.15, -0.1) is 0 Å². The second-order valence-corrected chi connectivity index (χ2v) is 13.7. The smallest absolute Gasteiger partial charge is 0.133 e. The summed E-state index contributed by atoms with van der Waals surface area (Å²) in [6.45, 7) is 14.3. The number of aryl methyl sites for hydroxylation is 2. The number of rotatable bonds is 10. The second kappa shape index (κ2) is 22.3. The highest BCUT2D eigenvalue weighted by Crippen LogP contribution is 2.23. The Hall–Kier alpha value is -5.00. The van der Waals surface area contributed by atoms with Crippen molar-refractivity contribution >= 4 is 24.9 Å². The SMILES string of the molecule is Cc1cc2c(O)c(c1)C=NCCN(CCNCc1ccccc1)CCN=Cc1cc(C)cc(c1O)C=NCCN(CCNCc1ccccc1)CCN=C2. The third-order valence-electron chi connectivity index (χ3n) is 9.28. The number of phenols is 2. The van der Waals surface area contributed by atoms with E-state index in [0.29, 0.717) is 48.4 Å². The summed E-state index contributed by atoms with van der Waals surface area (Å²) in [5, 5.41) is 29.4. The summed E-state index contributed by atoms with van der Waals surface area (Å²) in [6, 6.07) is 28.6. The lowest BCUT2D eigenvalue weighted by Gasteiger charge is -2.21.